The number of likely N-dealkylation sites (tertiary alicyclic amines) is 1. The van der Waals surface area contributed by atoms with Gasteiger partial charge >= 0.3 is 6.03 Å². The largest absolute Gasteiger partial charge is 0.325 e. The van der Waals surface area contributed by atoms with Crippen molar-refractivity contribution in [3.63, 3.8) is 0 Å². The lowest BCUT2D eigenvalue weighted by Crippen LogP contribution is -2.54. The molecular formula is C25H27F2N3O2. The molecule has 32 heavy (non-hydrogen) atoms. The summed E-state index contributed by atoms with van der Waals surface area (Å²) in [7, 11) is 0. The first-order chi connectivity index (χ1) is 15.4. The zero-order valence-corrected chi connectivity index (χ0v) is 18.1. The summed E-state index contributed by atoms with van der Waals surface area (Å²) in [5, 5.41) is 2.99. The number of rotatable bonds is 4. The van der Waals surface area contributed by atoms with Gasteiger partial charge in [0.25, 0.3) is 5.91 Å². The molecule has 0 radical (unpaired) electrons. The first-order valence-corrected chi connectivity index (χ1v) is 11.2. The molecule has 0 spiro atoms. The Bertz CT molecular complexity index is 1040. The molecule has 0 bridgehead atoms. The second-order valence-corrected chi connectivity index (χ2v) is 9.40. The summed E-state index contributed by atoms with van der Waals surface area (Å²) in [5.74, 6) is -1.78. The van der Waals surface area contributed by atoms with Crippen LogP contribution in [-0.4, -0.2) is 46.4 Å². The van der Waals surface area contributed by atoms with Crippen LogP contribution in [0.3, 0.4) is 0 Å². The summed E-state index contributed by atoms with van der Waals surface area (Å²) < 4.78 is 27.5. The van der Waals surface area contributed by atoms with Crippen LogP contribution in [0.1, 0.15) is 36.5 Å². The van der Waals surface area contributed by atoms with Crippen molar-refractivity contribution < 1.29 is 18.4 Å². The van der Waals surface area contributed by atoms with E-state index in [1.54, 1.807) is 6.07 Å². The van der Waals surface area contributed by atoms with Crippen molar-refractivity contribution in [1.29, 1.82) is 0 Å². The normalized spacial score (nSPS) is 24.8. The SMILES string of the molecule is C[C@@]1(C2CCN(Cc3cccc(F)c3F)CC2)NC(=O)N(C2Cc3ccccc3C2)C1=O. The highest BCUT2D eigenvalue weighted by molar-refractivity contribution is 6.07. The minimum atomic E-state index is -0.929. The molecule has 1 atom stereocenters. The molecule has 0 aromatic heterocycles. The highest BCUT2D eigenvalue weighted by atomic mass is 19.2. The van der Waals surface area contributed by atoms with Crippen LogP contribution in [-0.2, 0) is 24.2 Å². The van der Waals surface area contributed by atoms with Crippen LogP contribution >= 0.6 is 0 Å². The maximum Gasteiger partial charge on any atom is 0.325 e. The maximum absolute atomic E-state index is 14.0. The van der Waals surface area contributed by atoms with Gasteiger partial charge in [-0.1, -0.05) is 36.4 Å². The molecule has 2 saturated heterocycles. The molecule has 5 nitrogen and oxygen atoms in total. The van der Waals surface area contributed by atoms with Gasteiger partial charge in [-0.3, -0.25) is 14.6 Å². The molecule has 0 saturated carbocycles. The predicted molar refractivity (Wildman–Crippen MR) is 116 cm³/mol. The first kappa shape index (κ1) is 21.1. The van der Waals surface area contributed by atoms with E-state index in [-0.39, 0.29) is 23.9 Å². The van der Waals surface area contributed by atoms with E-state index in [9.17, 15) is 18.4 Å². The van der Waals surface area contributed by atoms with Crippen LogP contribution in [0.15, 0.2) is 42.5 Å². The topological polar surface area (TPSA) is 52.7 Å². The molecule has 2 aliphatic heterocycles. The van der Waals surface area contributed by atoms with Gasteiger partial charge in [0.1, 0.15) is 5.54 Å². The Morgan fingerprint density at radius 1 is 1.00 bits per heavy atom. The van der Waals surface area contributed by atoms with E-state index in [1.807, 2.05) is 19.1 Å². The smallest absolute Gasteiger partial charge is 0.323 e. The van der Waals surface area contributed by atoms with Gasteiger partial charge in [0, 0.05) is 18.2 Å². The van der Waals surface area contributed by atoms with Crippen molar-refractivity contribution in [2.75, 3.05) is 13.1 Å². The Morgan fingerprint density at radius 2 is 1.66 bits per heavy atom. The summed E-state index contributed by atoms with van der Waals surface area (Å²) in [4.78, 5) is 29.8. The Morgan fingerprint density at radius 3 is 2.31 bits per heavy atom. The number of carbonyl (C=O) groups is 2. The monoisotopic (exact) mass is 439 g/mol. The second-order valence-electron chi connectivity index (χ2n) is 9.40. The second kappa shape index (κ2) is 7.96. The third kappa shape index (κ3) is 3.48. The molecule has 0 unspecified atom stereocenters. The first-order valence-electron chi connectivity index (χ1n) is 11.2. The lowest BCUT2D eigenvalue weighted by molar-refractivity contribution is -0.134. The summed E-state index contributed by atoms with van der Waals surface area (Å²) in [6.45, 7) is 3.49. The maximum atomic E-state index is 14.0. The zero-order chi connectivity index (χ0) is 22.5. The summed E-state index contributed by atoms with van der Waals surface area (Å²) in [6, 6.07) is 11.9. The average Bonchev–Trinajstić information content (AvgIpc) is 3.30. The van der Waals surface area contributed by atoms with Gasteiger partial charge in [0.2, 0.25) is 0 Å². The number of nitrogens with zero attached hydrogens (tertiary/aromatic N) is 2. The molecular weight excluding hydrogens is 412 g/mol. The number of hydrogen-bond donors (Lipinski definition) is 1. The molecule has 1 N–H and O–H groups in total. The van der Waals surface area contributed by atoms with E-state index >= 15 is 0 Å². The Balaban J connectivity index is 1.24. The molecule has 5 rings (SSSR count). The summed E-state index contributed by atoms with van der Waals surface area (Å²) >= 11 is 0. The van der Waals surface area contributed by atoms with E-state index in [4.69, 9.17) is 0 Å². The minimum absolute atomic E-state index is 0.00124. The summed E-state index contributed by atoms with van der Waals surface area (Å²) in [5.41, 5.74) is 1.81. The zero-order valence-electron chi connectivity index (χ0n) is 18.1. The highest BCUT2D eigenvalue weighted by Crippen LogP contribution is 2.37. The Labute approximate surface area is 186 Å². The van der Waals surface area contributed by atoms with E-state index < -0.39 is 17.2 Å². The fourth-order valence-electron chi connectivity index (χ4n) is 5.58. The molecule has 7 heteroatoms. The van der Waals surface area contributed by atoms with Crippen molar-refractivity contribution in [2.45, 2.75) is 50.7 Å². The van der Waals surface area contributed by atoms with Crippen molar-refractivity contribution >= 4 is 11.9 Å². The molecule has 1 aliphatic carbocycles. The molecule has 3 amide bonds. The molecule has 3 aliphatic rings. The fraction of sp³-hybridized carbons (Fsp3) is 0.440. The van der Waals surface area contributed by atoms with Gasteiger partial charge in [0.15, 0.2) is 11.6 Å². The van der Waals surface area contributed by atoms with Crippen molar-refractivity contribution in [3.8, 4) is 0 Å². The average molecular weight is 440 g/mol. The number of benzene rings is 2. The molecule has 168 valence electrons. The number of halogens is 2. The number of urea groups is 1. The fourth-order valence-corrected chi connectivity index (χ4v) is 5.58. The quantitative estimate of drug-likeness (QED) is 0.740. The summed E-state index contributed by atoms with van der Waals surface area (Å²) in [6.07, 6.45) is 2.81. The molecule has 2 aromatic carbocycles. The van der Waals surface area contributed by atoms with Crippen molar-refractivity contribution in [3.05, 3.63) is 70.8 Å². The molecule has 2 aromatic rings. The van der Waals surface area contributed by atoms with Gasteiger partial charge in [0.05, 0.1) is 0 Å². The van der Waals surface area contributed by atoms with Crippen LogP contribution in [0, 0.1) is 17.6 Å². The molecule has 2 fully saturated rings. The predicted octanol–water partition coefficient (Wildman–Crippen LogP) is 3.65. The number of nitrogens with one attached hydrogen (secondary N) is 1. The number of imide groups is 1. The van der Waals surface area contributed by atoms with Crippen LogP contribution in [0.4, 0.5) is 13.6 Å². The van der Waals surface area contributed by atoms with E-state index in [1.165, 1.54) is 22.1 Å². The number of piperidine rings is 1. The Hall–Kier alpha value is -2.80. The lowest BCUT2D eigenvalue weighted by Gasteiger charge is -2.39. The lowest BCUT2D eigenvalue weighted by atomic mass is 9.78. The number of carbonyl (C=O) groups excluding carboxylic acids is 2. The Kier molecular flexibility index (Phi) is 5.24. The third-order valence-corrected chi connectivity index (χ3v) is 7.47. The van der Waals surface area contributed by atoms with Gasteiger partial charge < -0.3 is 5.32 Å². The van der Waals surface area contributed by atoms with E-state index in [0.29, 0.717) is 50.9 Å². The van der Waals surface area contributed by atoms with Gasteiger partial charge in [-0.25, -0.2) is 13.6 Å². The van der Waals surface area contributed by atoms with Crippen LogP contribution < -0.4 is 5.32 Å². The van der Waals surface area contributed by atoms with Gasteiger partial charge in [-0.15, -0.1) is 0 Å². The van der Waals surface area contributed by atoms with Gasteiger partial charge in [-0.05, 0) is 68.8 Å². The van der Waals surface area contributed by atoms with Crippen LogP contribution in [0.5, 0.6) is 0 Å². The third-order valence-electron chi connectivity index (χ3n) is 7.47. The number of fused-ring (bicyclic) bond motifs is 1. The number of amides is 3. The highest BCUT2D eigenvalue weighted by Gasteiger charge is 2.55. The van der Waals surface area contributed by atoms with Crippen LogP contribution in [0.25, 0.3) is 0 Å². The standard InChI is InChI=1S/C25H27F2N3O2/c1-25(19-9-11-29(12-10-19)15-18-7-4-8-21(26)22(18)27)23(31)30(24(32)28-25)20-13-16-5-2-3-6-17(16)14-20/h2-8,19-20H,9-15H2,1H3,(H,28,32)/t25-/m0/s1. The number of hydrogen-bond acceptors (Lipinski definition) is 3. The van der Waals surface area contributed by atoms with E-state index in [0.717, 1.165) is 6.07 Å². The van der Waals surface area contributed by atoms with Crippen molar-refractivity contribution in [2.24, 2.45) is 5.92 Å². The van der Waals surface area contributed by atoms with Gasteiger partial charge in [-0.2, -0.15) is 0 Å². The van der Waals surface area contributed by atoms with E-state index in [2.05, 4.69) is 22.3 Å². The molecule has 2 heterocycles. The minimum Gasteiger partial charge on any atom is -0.323 e. The van der Waals surface area contributed by atoms with Crippen molar-refractivity contribution in [1.82, 2.24) is 15.1 Å². The van der Waals surface area contributed by atoms with Crippen LogP contribution in [0.2, 0.25) is 0 Å².